The number of nitrogens with zero attached hydrogens (tertiary/aromatic N) is 1. The second-order valence-corrected chi connectivity index (χ2v) is 4.16. The normalized spacial score (nSPS) is 11.2. The minimum atomic E-state index is -3.99. The molecule has 14 heavy (non-hydrogen) atoms. The molecule has 0 aliphatic carbocycles. The van der Waals surface area contributed by atoms with Crippen molar-refractivity contribution in [2.75, 3.05) is 0 Å². The van der Waals surface area contributed by atoms with Crippen LogP contribution >= 0.6 is 0 Å². The third-order valence-electron chi connectivity index (χ3n) is 1.53. The van der Waals surface area contributed by atoms with Crippen LogP contribution < -0.4 is 5.14 Å². The van der Waals surface area contributed by atoms with E-state index in [0.29, 0.717) is 0 Å². The summed E-state index contributed by atoms with van der Waals surface area (Å²) in [4.78, 5) is 9.79. The largest absolute Gasteiger partial charge is 0.273 e. The zero-order chi connectivity index (χ0) is 10.8. The van der Waals surface area contributed by atoms with Gasteiger partial charge in [-0.25, -0.2) is 8.42 Å². The number of rotatable bonds is 3. The van der Waals surface area contributed by atoms with Crippen LogP contribution in [0.4, 0.5) is 5.69 Å². The molecule has 0 spiro atoms. The van der Waals surface area contributed by atoms with Crippen LogP contribution in [-0.2, 0) is 15.8 Å². The van der Waals surface area contributed by atoms with Gasteiger partial charge >= 0.3 is 0 Å². The van der Waals surface area contributed by atoms with E-state index in [1.807, 2.05) is 0 Å². The van der Waals surface area contributed by atoms with Crippen molar-refractivity contribution in [2.45, 2.75) is 5.75 Å². The zero-order valence-electron chi connectivity index (χ0n) is 7.00. The van der Waals surface area contributed by atoms with Gasteiger partial charge in [-0.15, -0.1) is 5.14 Å². The van der Waals surface area contributed by atoms with Gasteiger partial charge in [-0.05, 0) is 0 Å². The van der Waals surface area contributed by atoms with E-state index in [1.165, 1.54) is 24.3 Å². The predicted octanol–water partition coefficient (Wildman–Crippen LogP) is 0.708. The number of nitrogens with one attached hydrogen (secondary N) is 1. The maximum Gasteiger partial charge on any atom is 0.273 e. The number of sulfonamides is 1. The molecular weight excluding hydrogens is 208 g/mol. The fraction of sp³-hybridized carbons (Fsp3) is 0.143. The van der Waals surface area contributed by atoms with Crippen LogP contribution in [0.2, 0.25) is 0 Å². The van der Waals surface area contributed by atoms with Crippen molar-refractivity contribution < 1.29 is 13.3 Å². The number of hydrogen-bond acceptors (Lipinski definition) is 4. The standard InChI is InChI=1S/C7H7N2O4S/c8-14(12,13)5-6-3-1-2-4-7(6)9(10)11/h1-4,8H,5H2. The first-order valence-corrected chi connectivity index (χ1v) is 5.25. The van der Waals surface area contributed by atoms with Crippen molar-refractivity contribution in [1.82, 2.24) is 5.14 Å². The molecule has 0 saturated heterocycles. The highest BCUT2D eigenvalue weighted by Crippen LogP contribution is 2.19. The lowest BCUT2D eigenvalue weighted by molar-refractivity contribution is -0.385. The summed E-state index contributed by atoms with van der Waals surface area (Å²) in [6.45, 7) is 0. The number of nitro benzene ring substituents is 1. The quantitative estimate of drug-likeness (QED) is 0.547. The highest BCUT2D eigenvalue weighted by Gasteiger charge is 2.16. The molecule has 0 aliphatic rings. The molecule has 0 atom stereocenters. The summed E-state index contributed by atoms with van der Waals surface area (Å²) in [5, 5.41) is 17.1. The van der Waals surface area contributed by atoms with E-state index in [4.69, 9.17) is 5.14 Å². The predicted molar refractivity (Wildman–Crippen MR) is 48.8 cm³/mol. The van der Waals surface area contributed by atoms with Gasteiger partial charge in [0.15, 0.2) is 0 Å². The first-order chi connectivity index (χ1) is 6.40. The number of para-hydroxylation sites is 1. The molecule has 6 nitrogen and oxygen atoms in total. The molecule has 1 aromatic carbocycles. The van der Waals surface area contributed by atoms with Gasteiger partial charge in [-0.1, -0.05) is 18.2 Å². The molecule has 0 unspecified atom stereocenters. The smallest absolute Gasteiger partial charge is 0.258 e. The summed E-state index contributed by atoms with van der Waals surface area (Å²) in [6.07, 6.45) is 0. The van der Waals surface area contributed by atoms with Crippen molar-refractivity contribution in [1.29, 1.82) is 0 Å². The van der Waals surface area contributed by atoms with Crippen LogP contribution in [0, 0.1) is 10.1 Å². The number of nitro groups is 1. The molecule has 1 rings (SSSR count). The highest BCUT2D eigenvalue weighted by molar-refractivity contribution is 7.88. The Hall–Kier alpha value is -1.47. The van der Waals surface area contributed by atoms with Crippen LogP contribution in [0.5, 0.6) is 0 Å². The molecule has 1 aromatic rings. The number of benzene rings is 1. The third kappa shape index (κ3) is 2.79. The Morgan fingerprint density at radius 3 is 2.43 bits per heavy atom. The number of hydrogen-bond donors (Lipinski definition) is 0. The average molecular weight is 215 g/mol. The van der Waals surface area contributed by atoms with Crippen molar-refractivity contribution in [3.05, 3.63) is 39.9 Å². The minimum absolute atomic E-state index is 0.0347. The first kappa shape index (κ1) is 10.6. The molecule has 0 aliphatic heterocycles. The molecule has 0 bridgehead atoms. The van der Waals surface area contributed by atoms with Gasteiger partial charge in [0.25, 0.3) is 5.69 Å². The van der Waals surface area contributed by atoms with Gasteiger partial charge in [0, 0.05) is 11.6 Å². The Balaban J connectivity index is 3.15. The summed E-state index contributed by atoms with van der Waals surface area (Å²) >= 11 is 0. The van der Waals surface area contributed by atoms with E-state index in [0.717, 1.165) is 0 Å². The summed E-state index contributed by atoms with van der Waals surface area (Å²) in [7, 11) is -3.99. The van der Waals surface area contributed by atoms with Gasteiger partial charge in [0.2, 0.25) is 10.0 Å². The molecule has 0 heterocycles. The van der Waals surface area contributed by atoms with E-state index in [2.05, 4.69) is 0 Å². The molecule has 7 heteroatoms. The lowest BCUT2D eigenvalue weighted by atomic mass is 10.2. The minimum Gasteiger partial charge on any atom is -0.258 e. The van der Waals surface area contributed by atoms with Gasteiger partial charge in [0.05, 0.1) is 10.7 Å². The van der Waals surface area contributed by atoms with Gasteiger partial charge < -0.3 is 0 Å². The maximum atomic E-state index is 10.6. The Kier molecular flexibility index (Phi) is 2.82. The van der Waals surface area contributed by atoms with Crippen LogP contribution in [-0.4, -0.2) is 13.3 Å². The van der Waals surface area contributed by atoms with E-state index in [-0.39, 0.29) is 11.3 Å². The molecular formula is C7H7N2O4S. The van der Waals surface area contributed by atoms with Crippen molar-refractivity contribution >= 4 is 15.7 Å². The fourth-order valence-electron chi connectivity index (χ4n) is 1.02. The van der Waals surface area contributed by atoms with Gasteiger partial charge in [-0.2, -0.15) is 0 Å². The Labute approximate surface area is 80.5 Å². The monoisotopic (exact) mass is 215 g/mol. The maximum absolute atomic E-state index is 10.6. The molecule has 0 fully saturated rings. The van der Waals surface area contributed by atoms with Crippen molar-refractivity contribution in [3.63, 3.8) is 0 Å². The second-order valence-electron chi connectivity index (χ2n) is 2.64. The SMILES string of the molecule is [NH]S(=O)(=O)Cc1ccccc1[N+](=O)[O-]. The summed E-state index contributed by atoms with van der Waals surface area (Å²) in [6, 6.07) is 5.47. The molecule has 1 radical (unpaired) electrons. The molecule has 1 N–H and O–H groups in total. The third-order valence-corrected chi connectivity index (χ3v) is 2.22. The van der Waals surface area contributed by atoms with Crippen LogP contribution in [0.1, 0.15) is 5.56 Å². The van der Waals surface area contributed by atoms with Gasteiger partial charge in [-0.3, -0.25) is 10.1 Å². The summed E-state index contributed by atoms with van der Waals surface area (Å²) in [5.74, 6) is -0.635. The van der Waals surface area contributed by atoms with Gasteiger partial charge in [0.1, 0.15) is 0 Å². The Morgan fingerprint density at radius 1 is 1.36 bits per heavy atom. The van der Waals surface area contributed by atoms with E-state index in [1.54, 1.807) is 0 Å². The highest BCUT2D eigenvalue weighted by atomic mass is 32.2. The first-order valence-electron chi connectivity index (χ1n) is 3.60. The second kappa shape index (κ2) is 3.72. The van der Waals surface area contributed by atoms with Crippen LogP contribution in [0.15, 0.2) is 24.3 Å². The Bertz CT molecular complexity index is 455. The Morgan fingerprint density at radius 2 is 1.93 bits per heavy atom. The molecule has 0 aromatic heterocycles. The summed E-state index contributed by atoms with van der Waals surface area (Å²) < 4.78 is 21.2. The average Bonchev–Trinajstić information content (AvgIpc) is 2.01. The lowest BCUT2D eigenvalue weighted by Crippen LogP contribution is -2.06. The van der Waals surface area contributed by atoms with E-state index in [9.17, 15) is 18.5 Å². The fourth-order valence-corrected chi connectivity index (χ4v) is 1.67. The van der Waals surface area contributed by atoms with E-state index >= 15 is 0 Å². The molecule has 75 valence electrons. The summed E-state index contributed by atoms with van der Waals surface area (Å²) in [5.41, 5.74) is -0.240. The lowest BCUT2D eigenvalue weighted by Gasteiger charge is -1.99. The molecule has 0 saturated carbocycles. The van der Waals surface area contributed by atoms with Crippen molar-refractivity contribution in [2.24, 2.45) is 0 Å². The topological polar surface area (TPSA) is 101 Å². The van der Waals surface area contributed by atoms with Crippen molar-refractivity contribution in [3.8, 4) is 0 Å². The van der Waals surface area contributed by atoms with Crippen LogP contribution in [0.3, 0.4) is 0 Å². The van der Waals surface area contributed by atoms with E-state index < -0.39 is 20.7 Å². The molecule has 0 amide bonds. The van der Waals surface area contributed by atoms with Crippen LogP contribution in [0.25, 0.3) is 0 Å². The zero-order valence-corrected chi connectivity index (χ0v) is 7.82.